The van der Waals surface area contributed by atoms with Crippen molar-refractivity contribution >= 4 is 17.5 Å². The van der Waals surface area contributed by atoms with Gasteiger partial charge in [-0.1, -0.05) is 0 Å². The summed E-state index contributed by atoms with van der Waals surface area (Å²) in [6.45, 7) is 0.936. The minimum absolute atomic E-state index is 0.0269. The number of likely N-dealkylation sites (tertiary alicyclic amines) is 1. The van der Waals surface area contributed by atoms with E-state index in [4.69, 9.17) is 10.00 Å². The number of halogens is 1. The van der Waals surface area contributed by atoms with E-state index in [0.717, 1.165) is 0 Å². The van der Waals surface area contributed by atoms with Crippen LogP contribution in [0.15, 0.2) is 48.5 Å². The molecule has 0 spiro atoms. The van der Waals surface area contributed by atoms with Gasteiger partial charge in [0, 0.05) is 30.3 Å². The minimum Gasteiger partial charge on any atom is -0.479 e. The lowest BCUT2D eigenvalue weighted by Crippen LogP contribution is -2.41. The number of hydrogen-bond acceptors (Lipinski definition) is 4. The van der Waals surface area contributed by atoms with E-state index in [9.17, 15) is 14.0 Å². The number of nitrogens with zero attached hydrogens (tertiary/aromatic N) is 2. The molecule has 0 bridgehead atoms. The lowest BCUT2D eigenvalue weighted by Gasteiger charge is -2.31. The molecule has 1 aliphatic heterocycles. The van der Waals surface area contributed by atoms with E-state index < -0.39 is 0 Å². The van der Waals surface area contributed by atoms with Crippen LogP contribution < -0.4 is 10.1 Å². The Hall–Kier alpha value is -3.40. The Morgan fingerprint density at radius 1 is 1.11 bits per heavy atom. The quantitative estimate of drug-likeness (QED) is 0.862. The van der Waals surface area contributed by atoms with Crippen molar-refractivity contribution in [3.05, 3.63) is 59.9 Å². The fraction of sp³-hybridized carbons (Fsp3) is 0.286. The second-order valence-corrected chi connectivity index (χ2v) is 6.53. The fourth-order valence-corrected chi connectivity index (χ4v) is 3.11. The average molecular weight is 381 g/mol. The molecule has 0 unspecified atom stereocenters. The molecule has 2 aromatic rings. The Balaban J connectivity index is 1.50. The normalized spacial score (nSPS) is 14.2. The highest BCUT2D eigenvalue weighted by atomic mass is 19.1. The summed E-state index contributed by atoms with van der Waals surface area (Å²) >= 11 is 0. The highest BCUT2D eigenvalue weighted by molar-refractivity contribution is 5.95. The van der Waals surface area contributed by atoms with Crippen LogP contribution in [-0.2, 0) is 4.79 Å². The molecule has 6 nitrogen and oxygen atoms in total. The van der Waals surface area contributed by atoms with Crippen LogP contribution in [0.1, 0.15) is 23.2 Å². The number of hydrogen-bond donors (Lipinski definition) is 1. The number of carbonyl (C=O) groups is 2. The first kappa shape index (κ1) is 19.4. The average Bonchev–Trinajstić information content (AvgIpc) is 2.73. The van der Waals surface area contributed by atoms with E-state index in [1.54, 1.807) is 29.2 Å². The van der Waals surface area contributed by atoms with Crippen molar-refractivity contribution in [3.63, 3.8) is 0 Å². The first-order valence-corrected chi connectivity index (χ1v) is 9.02. The van der Waals surface area contributed by atoms with Gasteiger partial charge in [0.2, 0.25) is 5.91 Å². The van der Waals surface area contributed by atoms with Gasteiger partial charge in [0.1, 0.15) is 17.6 Å². The Morgan fingerprint density at radius 3 is 2.36 bits per heavy atom. The van der Waals surface area contributed by atoms with Gasteiger partial charge in [-0.05, 0) is 61.4 Å². The molecule has 0 aromatic heterocycles. The van der Waals surface area contributed by atoms with Gasteiger partial charge in [0.25, 0.3) is 5.91 Å². The SMILES string of the molecule is N#CCOc1ccc(NC(=O)C2CCN(C(=O)c3ccc(F)cc3)CC2)cc1. The highest BCUT2D eigenvalue weighted by Crippen LogP contribution is 2.22. The van der Waals surface area contributed by atoms with Crippen molar-refractivity contribution in [1.29, 1.82) is 5.26 Å². The molecule has 0 atom stereocenters. The molecule has 1 aliphatic rings. The molecule has 7 heteroatoms. The molecule has 0 saturated carbocycles. The third-order valence-corrected chi connectivity index (χ3v) is 4.67. The van der Waals surface area contributed by atoms with Crippen LogP contribution in [0.4, 0.5) is 10.1 Å². The summed E-state index contributed by atoms with van der Waals surface area (Å²) < 4.78 is 18.2. The Bertz CT molecular complexity index is 867. The number of carbonyl (C=O) groups excluding carboxylic acids is 2. The first-order valence-electron chi connectivity index (χ1n) is 9.02. The van der Waals surface area contributed by atoms with Crippen LogP contribution in [0, 0.1) is 23.1 Å². The number of rotatable bonds is 5. The molecular weight excluding hydrogens is 361 g/mol. The molecule has 28 heavy (non-hydrogen) atoms. The van der Waals surface area contributed by atoms with Crippen molar-refractivity contribution < 1.29 is 18.7 Å². The van der Waals surface area contributed by atoms with Crippen LogP contribution in [0.2, 0.25) is 0 Å². The van der Waals surface area contributed by atoms with Crippen LogP contribution in [0.5, 0.6) is 5.75 Å². The van der Waals surface area contributed by atoms with E-state index in [1.807, 2.05) is 6.07 Å². The molecule has 2 amide bonds. The monoisotopic (exact) mass is 381 g/mol. The molecule has 0 aliphatic carbocycles. The molecular formula is C21H20FN3O3. The number of anilines is 1. The largest absolute Gasteiger partial charge is 0.479 e. The molecule has 3 rings (SSSR count). The Morgan fingerprint density at radius 2 is 1.75 bits per heavy atom. The predicted molar refractivity (Wildman–Crippen MR) is 101 cm³/mol. The van der Waals surface area contributed by atoms with Crippen molar-refractivity contribution in [2.45, 2.75) is 12.8 Å². The van der Waals surface area contributed by atoms with Gasteiger partial charge in [-0.25, -0.2) is 4.39 Å². The molecule has 1 saturated heterocycles. The minimum atomic E-state index is -0.378. The van der Waals surface area contributed by atoms with Crippen molar-refractivity contribution in [1.82, 2.24) is 4.90 Å². The lowest BCUT2D eigenvalue weighted by atomic mass is 9.95. The summed E-state index contributed by atoms with van der Waals surface area (Å²) in [5, 5.41) is 11.4. The summed E-state index contributed by atoms with van der Waals surface area (Å²) in [5.74, 6) is -0.220. The number of ether oxygens (including phenoxy) is 1. The summed E-state index contributed by atoms with van der Waals surface area (Å²) in [6, 6.07) is 14.2. The Kier molecular flexibility index (Phi) is 6.22. The van der Waals surface area contributed by atoms with Crippen molar-refractivity contribution in [3.8, 4) is 11.8 Å². The molecule has 2 aromatic carbocycles. The molecule has 1 N–H and O–H groups in total. The second-order valence-electron chi connectivity index (χ2n) is 6.53. The number of piperidine rings is 1. The zero-order chi connectivity index (χ0) is 19.9. The maximum absolute atomic E-state index is 13.0. The lowest BCUT2D eigenvalue weighted by molar-refractivity contribution is -0.121. The first-order chi connectivity index (χ1) is 13.6. The summed E-state index contributed by atoms with van der Waals surface area (Å²) in [4.78, 5) is 26.6. The predicted octanol–water partition coefficient (Wildman–Crippen LogP) is 3.22. The van der Waals surface area contributed by atoms with E-state index in [-0.39, 0.29) is 30.2 Å². The molecule has 0 radical (unpaired) electrons. The van der Waals surface area contributed by atoms with Gasteiger partial charge in [0.05, 0.1) is 0 Å². The van der Waals surface area contributed by atoms with Gasteiger partial charge in [0.15, 0.2) is 6.61 Å². The van der Waals surface area contributed by atoms with Crippen LogP contribution in [0.3, 0.4) is 0 Å². The van der Waals surface area contributed by atoms with Crippen molar-refractivity contribution in [2.24, 2.45) is 5.92 Å². The van der Waals surface area contributed by atoms with E-state index >= 15 is 0 Å². The second kappa shape index (κ2) is 9.00. The summed E-state index contributed by atoms with van der Waals surface area (Å²) in [7, 11) is 0. The zero-order valence-electron chi connectivity index (χ0n) is 15.2. The van der Waals surface area contributed by atoms with E-state index in [1.165, 1.54) is 24.3 Å². The number of benzene rings is 2. The van der Waals surface area contributed by atoms with E-state index in [0.29, 0.717) is 42.9 Å². The molecule has 1 heterocycles. The summed E-state index contributed by atoms with van der Waals surface area (Å²) in [5.41, 5.74) is 1.10. The van der Waals surface area contributed by atoms with Gasteiger partial charge in [-0.2, -0.15) is 5.26 Å². The van der Waals surface area contributed by atoms with Gasteiger partial charge in [-0.15, -0.1) is 0 Å². The standard InChI is InChI=1S/C21H20FN3O3/c22-17-3-1-16(2-4-17)21(27)25-12-9-15(10-13-25)20(26)24-18-5-7-19(8-6-18)28-14-11-23/h1-8,15H,9-10,12-14H2,(H,24,26). The maximum atomic E-state index is 13.0. The van der Waals surface area contributed by atoms with Crippen molar-refractivity contribution in [2.75, 3.05) is 25.0 Å². The maximum Gasteiger partial charge on any atom is 0.253 e. The smallest absolute Gasteiger partial charge is 0.253 e. The van der Waals surface area contributed by atoms with Crippen LogP contribution in [0.25, 0.3) is 0 Å². The third kappa shape index (κ3) is 4.86. The van der Waals surface area contributed by atoms with Crippen LogP contribution >= 0.6 is 0 Å². The number of amides is 2. The topological polar surface area (TPSA) is 82.4 Å². The highest BCUT2D eigenvalue weighted by Gasteiger charge is 2.27. The zero-order valence-corrected chi connectivity index (χ0v) is 15.2. The number of nitrogens with one attached hydrogen (secondary N) is 1. The van der Waals surface area contributed by atoms with Gasteiger partial charge < -0.3 is 15.0 Å². The number of nitriles is 1. The van der Waals surface area contributed by atoms with E-state index in [2.05, 4.69) is 5.32 Å². The van der Waals surface area contributed by atoms with Crippen LogP contribution in [-0.4, -0.2) is 36.4 Å². The summed E-state index contributed by atoms with van der Waals surface area (Å²) in [6.07, 6.45) is 1.14. The molecule has 144 valence electrons. The molecule has 1 fully saturated rings. The third-order valence-electron chi connectivity index (χ3n) is 4.67. The van der Waals surface area contributed by atoms with Gasteiger partial charge >= 0.3 is 0 Å². The fourth-order valence-electron chi connectivity index (χ4n) is 3.11. The Labute approximate surface area is 162 Å². The van der Waals surface area contributed by atoms with Gasteiger partial charge in [-0.3, -0.25) is 9.59 Å².